The summed E-state index contributed by atoms with van der Waals surface area (Å²) in [6.07, 6.45) is 9.78. The predicted molar refractivity (Wildman–Crippen MR) is 135 cm³/mol. The fraction of sp³-hybridized carbons (Fsp3) is 0.360. The number of carbonyl (C=O) groups is 1. The van der Waals surface area contributed by atoms with Crippen molar-refractivity contribution in [3.63, 3.8) is 0 Å². The van der Waals surface area contributed by atoms with E-state index >= 15 is 0 Å². The number of amides is 1. The van der Waals surface area contributed by atoms with E-state index in [4.69, 9.17) is 28.3 Å². The molecule has 1 aliphatic heterocycles. The van der Waals surface area contributed by atoms with E-state index in [0.29, 0.717) is 21.4 Å². The molecule has 1 aliphatic rings. The van der Waals surface area contributed by atoms with Crippen LogP contribution >= 0.6 is 34.5 Å². The molecule has 168 valence electrons. The van der Waals surface area contributed by atoms with Crippen LogP contribution in [0.3, 0.4) is 0 Å². The van der Waals surface area contributed by atoms with E-state index in [2.05, 4.69) is 31.2 Å². The molecule has 7 heteroatoms. The number of rotatable bonds is 6. The van der Waals surface area contributed by atoms with E-state index < -0.39 is 0 Å². The maximum atomic E-state index is 13.4. The second-order valence-electron chi connectivity index (χ2n) is 8.08. The smallest absolute Gasteiger partial charge is 0.274 e. The number of halogens is 2. The van der Waals surface area contributed by atoms with Crippen LogP contribution in [0.15, 0.2) is 36.4 Å². The average molecular weight is 488 g/mol. The van der Waals surface area contributed by atoms with Crippen LogP contribution in [-0.4, -0.2) is 33.7 Å². The highest BCUT2D eigenvalue weighted by atomic mass is 35.5. The lowest BCUT2D eigenvalue weighted by Crippen LogP contribution is -2.36. The first-order chi connectivity index (χ1) is 15.5. The van der Waals surface area contributed by atoms with E-state index in [-0.39, 0.29) is 5.91 Å². The van der Waals surface area contributed by atoms with Gasteiger partial charge in [0.05, 0.1) is 21.3 Å². The standard InChI is InChI=1S/C25H27Cl2N3OS/c1-3-4-6-9-19-11-13-22(32-19)24-17(2)23(25(31)29-14-7-5-8-15-29)28-30(24)21-12-10-18(26)16-20(21)27/h6,9-13,16H,3-5,7-8,14-15H2,1-2H3/b9-6+. The lowest BCUT2D eigenvalue weighted by atomic mass is 10.1. The van der Waals surface area contributed by atoms with E-state index in [1.54, 1.807) is 28.2 Å². The molecule has 1 amide bonds. The van der Waals surface area contributed by atoms with Gasteiger partial charge in [0.1, 0.15) is 0 Å². The van der Waals surface area contributed by atoms with Gasteiger partial charge < -0.3 is 4.90 Å². The highest BCUT2D eigenvalue weighted by Gasteiger charge is 2.27. The second kappa shape index (κ2) is 10.2. The van der Waals surface area contributed by atoms with Crippen LogP contribution in [-0.2, 0) is 0 Å². The van der Waals surface area contributed by atoms with Gasteiger partial charge >= 0.3 is 0 Å². The summed E-state index contributed by atoms with van der Waals surface area (Å²) in [5, 5.41) is 5.85. The molecule has 0 atom stereocenters. The predicted octanol–water partition coefficient (Wildman–Crippen LogP) is 7.66. The van der Waals surface area contributed by atoms with Crippen molar-refractivity contribution in [2.45, 2.75) is 46.0 Å². The number of unbranched alkanes of at least 4 members (excludes halogenated alkanes) is 1. The summed E-state index contributed by atoms with van der Waals surface area (Å²) in [5.74, 6) is -0.00749. The molecular weight excluding hydrogens is 461 g/mol. The molecule has 0 unspecified atom stereocenters. The molecule has 1 fully saturated rings. The number of nitrogens with zero attached hydrogens (tertiary/aromatic N) is 3. The number of hydrogen-bond donors (Lipinski definition) is 0. The SMILES string of the molecule is CCC/C=C/c1ccc(-c2c(C)c(C(=O)N3CCCCC3)nn2-c2ccc(Cl)cc2Cl)s1. The van der Waals surface area contributed by atoms with Crippen LogP contribution in [0.1, 0.15) is 60.0 Å². The lowest BCUT2D eigenvalue weighted by molar-refractivity contribution is 0.0717. The third kappa shape index (κ3) is 4.80. The van der Waals surface area contributed by atoms with Crippen LogP contribution < -0.4 is 0 Å². The maximum absolute atomic E-state index is 13.4. The van der Waals surface area contributed by atoms with Gasteiger partial charge in [0.25, 0.3) is 5.91 Å². The van der Waals surface area contributed by atoms with Gasteiger partial charge in [-0.3, -0.25) is 4.79 Å². The Hall–Kier alpha value is -2.08. The van der Waals surface area contributed by atoms with Crippen molar-refractivity contribution in [2.75, 3.05) is 13.1 Å². The molecule has 4 nitrogen and oxygen atoms in total. The summed E-state index contributed by atoms with van der Waals surface area (Å²) in [7, 11) is 0. The van der Waals surface area contributed by atoms with Crippen molar-refractivity contribution >= 4 is 46.5 Å². The molecule has 2 aromatic heterocycles. The van der Waals surface area contributed by atoms with Crippen LogP contribution in [0, 0.1) is 6.92 Å². The molecule has 0 radical (unpaired) electrons. The van der Waals surface area contributed by atoms with Gasteiger partial charge in [0, 0.05) is 28.6 Å². The summed E-state index contributed by atoms with van der Waals surface area (Å²) in [6, 6.07) is 9.56. The number of thiophene rings is 1. The number of allylic oxidation sites excluding steroid dienone is 1. The number of carbonyl (C=O) groups excluding carboxylic acids is 1. The molecule has 0 N–H and O–H groups in total. The van der Waals surface area contributed by atoms with Gasteiger partial charge in [-0.2, -0.15) is 5.10 Å². The van der Waals surface area contributed by atoms with Gasteiger partial charge in [-0.15, -0.1) is 11.3 Å². The Bertz CT molecular complexity index is 1140. The second-order valence-corrected chi connectivity index (χ2v) is 10.0. The number of aromatic nitrogens is 2. The Balaban J connectivity index is 1.81. The van der Waals surface area contributed by atoms with Gasteiger partial charge in [0.15, 0.2) is 5.69 Å². The molecule has 0 spiro atoms. The van der Waals surface area contributed by atoms with Crippen molar-refractivity contribution < 1.29 is 4.79 Å². The molecular formula is C25H27Cl2N3OS. The first kappa shape index (κ1) is 23.1. The van der Waals surface area contributed by atoms with Crippen LogP contribution in [0.25, 0.3) is 22.3 Å². The van der Waals surface area contributed by atoms with E-state index in [1.807, 2.05) is 17.9 Å². The molecule has 32 heavy (non-hydrogen) atoms. The Labute approximate surface area is 203 Å². The Morgan fingerprint density at radius 3 is 2.66 bits per heavy atom. The van der Waals surface area contributed by atoms with Crippen molar-refractivity contribution in [2.24, 2.45) is 0 Å². The summed E-state index contributed by atoms with van der Waals surface area (Å²) in [6.45, 7) is 5.72. The molecule has 0 bridgehead atoms. The fourth-order valence-corrected chi connectivity index (χ4v) is 5.51. The molecule has 4 rings (SSSR count). The molecule has 0 aliphatic carbocycles. The monoisotopic (exact) mass is 487 g/mol. The lowest BCUT2D eigenvalue weighted by Gasteiger charge is -2.26. The fourth-order valence-electron chi connectivity index (χ4n) is 4.00. The Morgan fingerprint density at radius 1 is 1.16 bits per heavy atom. The van der Waals surface area contributed by atoms with E-state index in [9.17, 15) is 4.79 Å². The van der Waals surface area contributed by atoms with Crippen LogP contribution in [0.4, 0.5) is 0 Å². The number of hydrogen-bond acceptors (Lipinski definition) is 3. The summed E-state index contributed by atoms with van der Waals surface area (Å²) < 4.78 is 1.80. The molecule has 1 saturated heterocycles. The molecule has 3 heterocycles. The zero-order valence-corrected chi connectivity index (χ0v) is 20.7. The zero-order valence-electron chi connectivity index (χ0n) is 18.4. The Morgan fingerprint density at radius 2 is 1.94 bits per heavy atom. The summed E-state index contributed by atoms with van der Waals surface area (Å²) >= 11 is 14.4. The van der Waals surface area contributed by atoms with Crippen molar-refractivity contribution in [1.29, 1.82) is 0 Å². The maximum Gasteiger partial charge on any atom is 0.274 e. The largest absolute Gasteiger partial charge is 0.337 e. The number of benzene rings is 1. The highest BCUT2D eigenvalue weighted by Crippen LogP contribution is 2.37. The van der Waals surface area contributed by atoms with Gasteiger partial charge in [-0.05, 0) is 69.0 Å². The molecule has 3 aromatic rings. The normalized spacial score (nSPS) is 14.4. The Kier molecular flexibility index (Phi) is 7.39. The zero-order chi connectivity index (χ0) is 22.7. The van der Waals surface area contributed by atoms with Crippen LogP contribution in [0.5, 0.6) is 0 Å². The van der Waals surface area contributed by atoms with Gasteiger partial charge in [0.2, 0.25) is 0 Å². The molecule has 1 aromatic carbocycles. The van der Waals surface area contributed by atoms with E-state index in [1.165, 1.54) is 11.3 Å². The van der Waals surface area contributed by atoms with Crippen molar-refractivity contribution in [3.8, 4) is 16.3 Å². The van der Waals surface area contributed by atoms with Gasteiger partial charge in [-0.1, -0.05) is 42.6 Å². The van der Waals surface area contributed by atoms with Crippen molar-refractivity contribution in [1.82, 2.24) is 14.7 Å². The highest BCUT2D eigenvalue weighted by molar-refractivity contribution is 7.16. The third-order valence-electron chi connectivity index (χ3n) is 5.70. The number of likely N-dealkylation sites (tertiary alicyclic amines) is 1. The summed E-state index contributed by atoms with van der Waals surface area (Å²) in [4.78, 5) is 17.5. The first-order valence-electron chi connectivity index (χ1n) is 11.1. The minimum atomic E-state index is -0.00749. The quantitative estimate of drug-likeness (QED) is 0.357. The topological polar surface area (TPSA) is 38.1 Å². The minimum Gasteiger partial charge on any atom is -0.337 e. The molecule has 0 saturated carbocycles. The average Bonchev–Trinajstić information content (AvgIpc) is 3.38. The van der Waals surface area contributed by atoms with E-state index in [0.717, 1.165) is 54.9 Å². The summed E-state index contributed by atoms with van der Waals surface area (Å²) in [5.41, 5.74) is 2.97. The van der Waals surface area contributed by atoms with Crippen LogP contribution in [0.2, 0.25) is 10.0 Å². The number of piperidine rings is 1. The third-order valence-corrected chi connectivity index (χ3v) is 7.30. The van der Waals surface area contributed by atoms with Crippen molar-refractivity contribution in [3.05, 3.63) is 62.6 Å². The van der Waals surface area contributed by atoms with Gasteiger partial charge in [-0.25, -0.2) is 4.68 Å². The minimum absolute atomic E-state index is 0.00749. The first-order valence-corrected chi connectivity index (χ1v) is 12.7.